The van der Waals surface area contributed by atoms with Crippen molar-refractivity contribution in [2.75, 3.05) is 47.0 Å². The molecule has 4 bridgehead atoms. The lowest BCUT2D eigenvalue weighted by molar-refractivity contribution is -0.125. The van der Waals surface area contributed by atoms with Crippen LogP contribution in [0.4, 0.5) is 0 Å². The number of hydrogen-bond acceptors (Lipinski definition) is 8. The number of hydrogen-bond donors (Lipinski definition) is 1. The molecule has 1 N–H and O–H groups in total. The Morgan fingerprint density at radius 2 is 1.98 bits per heavy atom. The first kappa shape index (κ1) is 30.0. The number of carbonyl (C=O) groups is 1. The standard InChI is InChI=1S/C32H43N5O5/c1-23-33-17-26(35(23)2)19-37-13-11-29-28(20-37)34-32(38)21-36(12-6-14-39-3)18-24-9-10-30(40-4)31(16-24)42-27-8-5-7-25(15-27)22-41-29/h5,7-10,15-17,28-29H,6,11-14,18-22H2,1-4H3,(H,34,38)/t28-,29+/m0/s1. The summed E-state index contributed by atoms with van der Waals surface area (Å²) in [6.45, 7) is 7.01. The van der Waals surface area contributed by atoms with Gasteiger partial charge >= 0.3 is 0 Å². The Hall–Kier alpha value is -3.44. The lowest BCUT2D eigenvalue weighted by atomic mass is 10.0. The molecule has 5 rings (SSSR count). The van der Waals surface area contributed by atoms with Gasteiger partial charge in [-0.05, 0) is 55.2 Å². The Kier molecular flexibility index (Phi) is 10.1. The highest BCUT2D eigenvalue weighted by molar-refractivity contribution is 5.78. The molecule has 2 aliphatic heterocycles. The second-order valence-electron chi connectivity index (χ2n) is 11.2. The van der Waals surface area contributed by atoms with Crippen LogP contribution in [-0.2, 0) is 41.0 Å². The fourth-order valence-corrected chi connectivity index (χ4v) is 5.69. The van der Waals surface area contributed by atoms with Crippen LogP contribution in [0.2, 0.25) is 0 Å². The minimum absolute atomic E-state index is 0.0108. The van der Waals surface area contributed by atoms with Gasteiger partial charge in [0.1, 0.15) is 11.6 Å². The predicted octanol–water partition coefficient (Wildman–Crippen LogP) is 3.66. The van der Waals surface area contributed by atoms with Crippen LogP contribution in [0, 0.1) is 6.92 Å². The first-order valence-electron chi connectivity index (χ1n) is 14.7. The molecule has 2 aromatic carbocycles. The van der Waals surface area contributed by atoms with E-state index in [2.05, 4.69) is 24.7 Å². The number of piperidine rings is 1. The molecule has 3 heterocycles. The summed E-state index contributed by atoms with van der Waals surface area (Å²) < 4.78 is 25.8. The van der Waals surface area contributed by atoms with Gasteiger partial charge in [0.2, 0.25) is 5.91 Å². The van der Waals surface area contributed by atoms with Gasteiger partial charge in [0.25, 0.3) is 0 Å². The third-order valence-electron chi connectivity index (χ3n) is 8.10. The number of carbonyl (C=O) groups excluding carboxylic acids is 1. The summed E-state index contributed by atoms with van der Waals surface area (Å²) >= 11 is 0. The number of aromatic nitrogens is 2. The van der Waals surface area contributed by atoms with Gasteiger partial charge in [0.05, 0.1) is 38.1 Å². The van der Waals surface area contributed by atoms with Crippen LogP contribution in [0.1, 0.15) is 35.5 Å². The summed E-state index contributed by atoms with van der Waals surface area (Å²) in [5, 5.41) is 3.34. The van der Waals surface area contributed by atoms with Crippen molar-refractivity contribution < 1.29 is 23.7 Å². The molecule has 0 unspecified atom stereocenters. The van der Waals surface area contributed by atoms with E-state index in [1.54, 1.807) is 14.2 Å². The number of rotatable bonds is 7. The maximum Gasteiger partial charge on any atom is 0.234 e. The van der Waals surface area contributed by atoms with Crippen molar-refractivity contribution in [1.29, 1.82) is 0 Å². The topological polar surface area (TPSA) is 90.3 Å². The molecule has 2 atom stereocenters. The molecule has 1 saturated heterocycles. The van der Waals surface area contributed by atoms with E-state index in [-0.39, 0.29) is 24.6 Å². The van der Waals surface area contributed by atoms with Crippen LogP contribution in [0.3, 0.4) is 0 Å². The van der Waals surface area contributed by atoms with E-state index in [4.69, 9.17) is 18.9 Å². The average Bonchev–Trinajstić information content (AvgIpc) is 3.29. The molecule has 1 aromatic heterocycles. The number of benzene rings is 2. The molecule has 10 heteroatoms. The Bertz CT molecular complexity index is 1340. The van der Waals surface area contributed by atoms with Gasteiger partial charge in [-0.1, -0.05) is 18.2 Å². The van der Waals surface area contributed by atoms with E-state index in [9.17, 15) is 4.79 Å². The van der Waals surface area contributed by atoms with E-state index in [0.717, 1.165) is 60.9 Å². The summed E-state index contributed by atoms with van der Waals surface area (Å²) in [7, 11) is 5.38. The number of nitrogens with zero attached hydrogens (tertiary/aromatic N) is 4. The maximum atomic E-state index is 13.5. The van der Waals surface area contributed by atoms with Crippen LogP contribution in [-0.4, -0.2) is 84.4 Å². The summed E-state index contributed by atoms with van der Waals surface area (Å²) in [5.41, 5.74) is 3.21. The Morgan fingerprint density at radius 1 is 1.10 bits per heavy atom. The van der Waals surface area contributed by atoms with E-state index >= 15 is 0 Å². The Morgan fingerprint density at radius 3 is 2.76 bits per heavy atom. The highest BCUT2D eigenvalue weighted by Gasteiger charge is 2.32. The summed E-state index contributed by atoms with van der Waals surface area (Å²) in [5.74, 6) is 2.99. The number of fused-ring (bicyclic) bond motifs is 5. The van der Waals surface area contributed by atoms with Crippen molar-refractivity contribution in [3.8, 4) is 17.2 Å². The molecule has 0 radical (unpaired) electrons. The van der Waals surface area contributed by atoms with Gasteiger partial charge in [-0.3, -0.25) is 14.6 Å². The number of aryl methyl sites for hydroxylation is 1. The Balaban J connectivity index is 1.40. The predicted molar refractivity (Wildman–Crippen MR) is 160 cm³/mol. The van der Waals surface area contributed by atoms with Gasteiger partial charge in [-0.2, -0.15) is 0 Å². The molecule has 0 spiro atoms. The monoisotopic (exact) mass is 577 g/mol. The zero-order valence-corrected chi connectivity index (χ0v) is 25.2. The molecular formula is C32H43N5O5. The zero-order valence-electron chi connectivity index (χ0n) is 25.2. The molecule has 0 aliphatic carbocycles. The smallest absolute Gasteiger partial charge is 0.234 e. The molecule has 226 valence electrons. The molecule has 1 fully saturated rings. The van der Waals surface area contributed by atoms with E-state index in [1.165, 1.54) is 0 Å². The highest BCUT2D eigenvalue weighted by atomic mass is 16.5. The normalized spacial score (nSPS) is 20.4. The number of imidazole rings is 1. The van der Waals surface area contributed by atoms with Gasteiger partial charge in [-0.15, -0.1) is 0 Å². The quantitative estimate of drug-likeness (QED) is 0.426. The van der Waals surface area contributed by atoms with E-state index < -0.39 is 0 Å². The number of likely N-dealkylation sites (tertiary alicyclic amines) is 1. The molecule has 0 saturated carbocycles. The molecule has 1 amide bonds. The van der Waals surface area contributed by atoms with Crippen molar-refractivity contribution in [2.45, 2.75) is 51.6 Å². The van der Waals surface area contributed by atoms with Crippen LogP contribution in [0.25, 0.3) is 0 Å². The summed E-state index contributed by atoms with van der Waals surface area (Å²) in [6, 6.07) is 13.7. The molecule has 3 aromatic rings. The van der Waals surface area contributed by atoms with Crippen LogP contribution in [0.15, 0.2) is 48.7 Å². The van der Waals surface area contributed by atoms with Gasteiger partial charge < -0.3 is 28.8 Å². The number of amides is 1. The SMILES string of the molecule is COCCCN1CC(=O)N[C@H]2CN(Cc3cnc(C)n3C)CC[C@H]2OCc2cccc(c2)Oc2cc(ccc2OC)C1. The van der Waals surface area contributed by atoms with Crippen molar-refractivity contribution in [3.63, 3.8) is 0 Å². The summed E-state index contributed by atoms with van der Waals surface area (Å²) in [4.78, 5) is 22.5. The minimum atomic E-state index is -0.138. The number of methoxy groups -OCH3 is 2. The fourth-order valence-electron chi connectivity index (χ4n) is 5.69. The minimum Gasteiger partial charge on any atom is -0.493 e. The third-order valence-corrected chi connectivity index (χ3v) is 8.10. The van der Waals surface area contributed by atoms with Crippen LogP contribution in [0.5, 0.6) is 17.2 Å². The van der Waals surface area contributed by atoms with Crippen LogP contribution < -0.4 is 14.8 Å². The van der Waals surface area contributed by atoms with Gasteiger partial charge in [-0.25, -0.2) is 4.98 Å². The van der Waals surface area contributed by atoms with Gasteiger partial charge in [0.15, 0.2) is 11.5 Å². The number of nitrogens with one attached hydrogen (secondary N) is 1. The van der Waals surface area contributed by atoms with Crippen molar-refractivity contribution in [1.82, 2.24) is 24.7 Å². The molecule has 42 heavy (non-hydrogen) atoms. The number of ether oxygens (including phenoxy) is 4. The second kappa shape index (κ2) is 14.2. The highest BCUT2D eigenvalue weighted by Crippen LogP contribution is 2.33. The lowest BCUT2D eigenvalue weighted by Crippen LogP contribution is -2.57. The molecule has 10 nitrogen and oxygen atoms in total. The van der Waals surface area contributed by atoms with E-state index in [1.807, 2.05) is 62.6 Å². The lowest BCUT2D eigenvalue weighted by Gasteiger charge is -2.39. The first-order chi connectivity index (χ1) is 20.4. The van der Waals surface area contributed by atoms with Crippen molar-refractivity contribution >= 4 is 5.91 Å². The molecular weight excluding hydrogens is 534 g/mol. The van der Waals surface area contributed by atoms with Crippen molar-refractivity contribution in [3.05, 3.63) is 71.3 Å². The largest absolute Gasteiger partial charge is 0.493 e. The van der Waals surface area contributed by atoms with Crippen molar-refractivity contribution in [2.24, 2.45) is 7.05 Å². The summed E-state index contributed by atoms with van der Waals surface area (Å²) in [6.07, 6.45) is 3.47. The van der Waals surface area contributed by atoms with E-state index in [0.29, 0.717) is 37.8 Å². The average molecular weight is 578 g/mol. The maximum absolute atomic E-state index is 13.5. The Labute approximate surface area is 248 Å². The van der Waals surface area contributed by atoms with Gasteiger partial charge in [0, 0.05) is 59.7 Å². The second-order valence-corrected chi connectivity index (χ2v) is 11.2. The zero-order chi connectivity index (χ0) is 29.5. The first-order valence-corrected chi connectivity index (χ1v) is 14.7. The van der Waals surface area contributed by atoms with Crippen LogP contribution >= 0.6 is 0 Å². The fraction of sp³-hybridized carbons (Fsp3) is 0.500. The molecule has 2 aliphatic rings. The third kappa shape index (κ3) is 7.69.